The first kappa shape index (κ1) is 23.5. The normalized spacial score (nSPS) is 11.9. The van der Waals surface area contributed by atoms with E-state index in [0.29, 0.717) is 34.4 Å². The number of aromatic nitrogens is 3. The maximum absolute atomic E-state index is 12.7. The first-order valence-corrected chi connectivity index (χ1v) is 11.5. The number of rotatable bonds is 10. The number of amides is 1. The molecule has 0 aliphatic rings. The molecule has 8 heteroatoms. The van der Waals surface area contributed by atoms with Crippen LogP contribution in [0.15, 0.2) is 59.8 Å². The van der Waals surface area contributed by atoms with Crippen molar-refractivity contribution in [3.8, 4) is 5.75 Å². The van der Waals surface area contributed by atoms with Gasteiger partial charge in [-0.1, -0.05) is 43.8 Å². The maximum Gasteiger partial charge on any atom is 0.251 e. The third kappa shape index (κ3) is 5.56. The second-order valence-electron chi connectivity index (χ2n) is 7.59. The van der Waals surface area contributed by atoms with Crippen molar-refractivity contribution in [2.24, 2.45) is 5.92 Å². The van der Waals surface area contributed by atoms with Crippen molar-refractivity contribution in [2.75, 3.05) is 12.9 Å². The highest BCUT2D eigenvalue weighted by atomic mass is 32.2. The largest absolute Gasteiger partial charge is 0.497 e. The van der Waals surface area contributed by atoms with Crippen molar-refractivity contribution in [3.63, 3.8) is 0 Å². The smallest absolute Gasteiger partial charge is 0.251 e. The number of thioether (sulfide) groups is 1. The molecule has 1 aromatic heterocycles. The van der Waals surface area contributed by atoms with Crippen LogP contribution in [0.1, 0.15) is 53.4 Å². The van der Waals surface area contributed by atoms with Crippen molar-refractivity contribution in [3.05, 3.63) is 71.5 Å². The molecule has 0 saturated heterocycles. The number of Topliss-reactive ketones (excluding diaryl/α,β-unsaturated/α-hetero) is 1. The summed E-state index contributed by atoms with van der Waals surface area (Å²) in [4.78, 5) is 25.3. The lowest BCUT2D eigenvalue weighted by Gasteiger charge is -2.22. The van der Waals surface area contributed by atoms with Gasteiger partial charge in [0, 0.05) is 17.7 Å². The van der Waals surface area contributed by atoms with Gasteiger partial charge in [0.05, 0.1) is 18.9 Å². The SMILES string of the molecule is CCn1c(SCC(=O)c2ccc(OC)cc2)nnc1C(NC(=O)c1ccccc1)C(C)C. The third-order valence-electron chi connectivity index (χ3n) is 5.07. The predicted molar refractivity (Wildman–Crippen MR) is 125 cm³/mol. The summed E-state index contributed by atoms with van der Waals surface area (Å²) in [5, 5.41) is 12.4. The summed E-state index contributed by atoms with van der Waals surface area (Å²) in [6.45, 7) is 6.69. The van der Waals surface area contributed by atoms with E-state index in [2.05, 4.69) is 15.5 Å². The number of nitrogens with one attached hydrogen (secondary N) is 1. The molecule has 1 atom stereocenters. The molecule has 1 amide bonds. The van der Waals surface area contributed by atoms with E-state index >= 15 is 0 Å². The Morgan fingerprint density at radius 1 is 1.03 bits per heavy atom. The standard InChI is InChI=1S/C24H28N4O3S/c1-5-28-22(21(16(2)3)25-23(30)18-9-7-6-8-10-18)26-27-24(28)32-15-20(29)17-11-13-19(31-4)14-12-17/h6-14,16,21H,5,15H2,1-4H3,(H,25,30). The molecule has 0 aliphatic carbocycles. The van der Waals surface area contributed by atoms with Crippen LogP contribution < -0.4 is 10.1 Å². The topological polar surface area (TPSA) is 86.1 Å². The van der Waals surface area contributed by atoms with E-state index in [1.165, 1.54) is 11.8 Å². The zero-order valence-corrected chi connectivity index (χ0v) is 19.6. The van der Waals surface area contributed by atoms with Gasteiger partial charge in [0.15, 0.2) is 16.8 Å². The van der Waals surface area contributed by atoms with Crippen LogP contribution in [0.25, 0.3) is 0 Å². The summed E-state index contributed by atoms with van der Waals surface area (Å²) in [5.74, 6) is 1.60. The Bertz CT molecular complexity index is 1050. The van der Waals surface area contributed by atoms with Gasteiger partial charge in [0.1, 0.15) is 5.75 Å². The van der Waals surface area contributed by atoms with E-state index in [4.69, 9.17) is 4.74 Å². The Labute approximate surface area is 192 Å². The summed E-state index contributed by atoms with van der Waals surface area (Å²) >= 11 is 1.35. The molecule has 3 rings (SSSR count). The molecule has 32 heavy (non-hydrogen) atoms. The minimum Gasteiger partial charge on any atom is -0.497 e. The minimum absolute atomic E-state index is 0.00245. The number of hydrogen-bond acceptors (Lipinski definition) is 6. The second-order valence-corrected chi connectivity index (χ2v) is 8.53. The van der Waals surface area contributed by atoms with Crippen LogP contribution in [-0.4, -0.2) is 39.3 Å². The zero-order chi connectivity index (χ0) is 23.1. The molecule has 0 aliphatic heterocycles. The fourth-order valence-corrected chi connectivity index (χ4v) is 4.17. The summed E-state index contributed by atoms with van der Waals surface area (Å²) in [7, 11) is 1.59. The van der Waals surface area contributed by atoms with Gasteiger partial charge in [0.25, 0.3) is 5.91 Å². The number of methoxy groups -OCH3 is 1. The average molecular weight is 453 g/mol. The van der Waals surface area contributed by atoms with E-state index in [1.807, 2.05) is 43.5 Å². The summed E-state index contributed by atoms with van der Waals surface area (Å²) in [5.41, 5.74) is 1.22. The Morgan fingerprint density at radius 3 is 2.31 bits per heavy atom. The summed E-state index contributed by atoms with van der Waals surface area (Å²) in [6.07, 6.45) is 0. The van der Waals surface area contributed by atoms with Gasteiger partial charge in [-0.3, -0.25) is 9.59 Å². The number of carbonyl (C=O) groups excluding carboxylic acids is 2. The van der Waals surface area contributed by atoms with Crippen LogP contribution in [-0.2, 0) is 6.54 Å². The molecule has 0 spiro atoms. The molecule has 7 nitrogen and oxygen atoms in total. The Hall–Kier alpha value is -3.13. The van der Waals surface area contributed by atoms with Gasteiger partial charge < -0.3 is 14.6 Å². The van der Waals surface area contributed by atoms with Crippen LogP contribution in [0.2, 0.25) is 0 Å². The maximum atomic E-state index is 12.7. The molecule has 0 saturated carbocycles. The number of benzene rings is 2. The highest BCUT2D eigenvalue weighted by Gasteiger charge is 2.26. The van der Waals surface area contributed by atoms with Gasteiger partial charge in [-0.05, 0) is 49.2 Å². The molecule has 1 unspecified atom stereocenters. The molecule has 3 aromatic rings. The molecule has 0 radical (unpaired) electrons. The van der Waals surface area contributed by atoms with E-state index in [9.17, 15) is 9.59 Å². The highest BCUT2D eigenvalue weighted by molar-refractivity contribution is 7.99. The number of hydrogen-bond donors (Lipinski definition) is 1. The average Bonchev–Trinajstić information content (AvgIpc) is 3.23. The molecule has 1 heterocycles. The lowest BCUT2D eigenvalue weighted by atomic mass is 10.0. The highest BCUT2D eigenvalue weighted by Crippen LogP contribution is 2.26. The van der Waals surface area contributed by atoms with Crippen molar-refractivity contribution in [2.45, 2.75) is 38.5 Å². The first-order valence-electron chi connectivity index (χ1n) is 10.5. The monoisotopic (exact) mass is 452 g/mol. The summed E-state index contributed by atoms with van der Waals surface area (Å²) < 4.78 is 7.10. The first-order chi connectivity index (χ1) is 15.4. The lowest BCUT2D eigenvalue weighted by molar-refractivity contribution is 0.0921. The van der Waals surface area contributed by atoms with Crippen LogP contribution in [0, 0.1) is 5.92 Å². The molecule has 0 fully saturated rings. The van der Waals surface area contributed by atoms with Gasteiger partial charge >= 0.3 is 0 Å². The molecule has 168 valence electrons. The Balaban J connectivity index is 1.74. The fraction of sp³-hybridized carbons (Fsp3) is 0.333. The molecule has 1 N–H and O–H groups in total. The lowest BCUT2D eigenvalue weighted by Crippen LogP contribution is -2.33. The van der Waals surface area contributed by atoms with Crippen LogP contribution in [0.4, 0.5) is 0 Å². The quantitative estimate of drug-likeness (QED) is 0.362. The molecular weight excluding hydrogens is 424 g/mol. The third-order valence-corrected chi connectivity index (χ3v) is 6.04. The van der Waals surface area contributed by atoms with Gasteiger partial charge in [-0.25, -0.2) is 0 Å². The number of ketones is 1. The van der Waals surface area contributed by atoms with E-state index < -0.39 is 0 Å². The van der Waals surface area contributed by atoms with Gasteiger partial charge in [-0.15, -0.1) is 10.2 Å². The summed E-state index contributed by atoms with van der Waals surface area (Å²) in [6, 6.07) is 15.9. The van der Waals surface area contributed by atoms with Crippen molar-refractivity contribution >= 4 is 23.5 Å². The van der Waals surface area contributed by atoms with E-state index in [1.54, 1.807) is 43.5 Å². The number of ether oxygens (including phenoxy) is 1. The molecular formula is C24H28N4O3S. The van der Waals surface area contributed by atoms with Crippen molar-refractivity contribution in [1.82, 2.24) is 20.1 Å². The number of carbonyl (C=O) groups is 2. The van der Waals surface area contributed by atoms with Gasteiger partial charge in [-0.2, -0.15) is 0 Å². The van der Waals surface area contributed by atoms with Gasteiger partial charge in [0.2, 0.25) is 0 Å². The minimum atomic E-state index is -0.304. The number of nitrogens with zero attached hydrogens (tertiary/aromatic N) is 3. The van der Waals surface area contributed by atoms with E-state index in [0.717, 1.165) is 0 Å². The Morgan fingerprint density at radius 2 is 1.72 bits per heavy atom. The molecule has 0 bridgehead atoms. The molecule has 2 aromatic carbocycles. The second kappa shape index (κ2) is 10.9. The van der Waals surface area contributed by atoms with Crippen LogP contribution in [0.3, 0.4) is 0 Å². The van der Waals surface area contributed by atoms with Crippen LogP contribution >= 0.6 is 11.8 Å². The van der Waals surface area contributed by atoms with Crippen LogP contribution in [0.5, 0.6) is 5.75 Å². The predicted octanol–water partition coefficient (Wildman–Crippen LogP) is 4.41. The Kier molecular flexibility index (Phi) is 8.05. The zero-order valence-electron chi connectivity index (χ0n) is 18.7. The van der Waals surface area contributed by atoms with E-state index in [-0.39, 0.29) is 29.4 Å². The van der Waals surface area contributed by atoms with Crippen molar-refractivity contribution in [1.29, 1.82) is 0 Å². The van der Waals surface area contributed by atoms with Crippen molar-refractivity contribution < 1.29 is 14.3 Å². The fourth-order valence-electron chi connectivity index (χ4n) is 3.27.